The third-order valence-corrected chi connectivity index (χ3v) is 4.85. The maximum atomic E-state index is 12.7. The average Bonchev–Trinajstić information content (AvgIpc) is 3.05. The molecule has 4 aromatic rings. The molecule has 5 rings (SSSR count). The van der Waals surface area contributed by atoms with E-state index in [1.54, 1.807) is 28.6 Å². The van der Waals surface area contributed by atoms with Crippen LogP contribution in [0.15, 0.2) is 41.5 Å². The van der Waals surface area contributed by atoms with E-state index in [4.69, 9.17) is 14.2 Å². The van der Waals surface area contributed by atoms with Crippen LogP contribution in [0.2, 0.25) is 0 Å². The second-order valence-corrected chi connectivity index (χ2v) is 6.72. The topological polar surface area (TPSA) is 92.8 Å². The van der Waals surface area contributed by atoms with Gasteiger partial charge in [0.2, 0.25) is 0 Å². The molecule has 0 bridgehead atoms. The Balaban J connectivity index is 1.60. The molecule has 0 saturated heterocycles. The van der Waals surface area contributed by atoms with Crippen molar-refractivity contribution in [2.45, 2.75) is 13.0 Å². The van der Waals surface area contributed by atoms with E-state index in [9.17, 15) is 4.79 Å². The van der Waals surface area contributed by atoms with Gasteiger partial charge in [-0.25, -0.2) is 4.98 Å². The first-order valence-corrected chi connectivity index (χ1v) is 9.38. The fourth-order valence-electron chi connectivity index (χ4n) is 3.35. The Morgan fingerprint density at radius 3 is 2.90 bits per heavy atom. The summed E-state index contributed by atoms with van der Waals surface area (Å²) in [5, 5.41) is 5.07. The van der Waals surface area contributed by atoms with Gasteiger partial charge in [-0.05, 0) is 24.3 Å². The van der Waals surface area contributed by atoms with E-state index >= 15 is 0 Å². The van der Waals surface area contributed by atoms with Crippen LogP contribution in [0.5, 0.6) is 11.5 Å². The summed E-state index contributed by atoms with van der Waals surface area (Å²) in [5.74, 6) is 2.32. The van der Waals surface area contributed by atoms with Gasteiger partial charge in [-0.2, -0.15) is 9.50 Å². The highest BCUT2D eigenvalue weighted by atomic mass is 16.5. The Labute approximate surface area is 165 Å². The van der Waals surface area contributed by atoms with Gasteiger partial charge in [0.05, 0.1) is 30.7 Å². The lowest BCUT2D eigenvalue weighted by molar-refractivity contribution is 0.186. The second kappa shape index (κ2) is 7.17. The highest BCUT2D eigenvalue weighted by molar-refractivity contribution is 5.79. The maximum Gasteiger partial charge on any atom is 0.261 e. The molecule has 1 aromatic carbocycles. The SMILES string of the molecule is COCCn1ccc2c(cnc3nc(-c4ccc5c(c4)OCCCO5)nn32)c1=O. The number of fused-ring (bicyclic) bond motifs is 4. The number of ether oxygens (including phenoxy) is 3. The monoisotopic (exact) mass is 393 g/mol. The third-order valence-electron chi connectivity index (χ3n) is 4.85. The lowest BCUT2D eigenvalue weighted by Gasteiger charge is -2.07. The lowest BCUT2D eigenvalue weighted by atomic mass is 10.2. The van der Waals surface area contributed by atoms with Crippen molar-refractivity contribution in [2.75, 3.05) is 26.9 Å². The zero-order valence-corrected chi connectivity index (χ0v) is 15.9. The zero-order valence-electron chi connectivity index (χ0n) is 15.9. The van der Waals surface area contributed by atoms with Gasteiger partial charge < -0.3 is 18.8 Å². The number of benzene rings is 1. The molecule has 0 aliphatic carbocycles. The van der Waals surface area contributed by atoms with Gasteiger partial charge in [0.1, 0.15) is 0 Å². The molecule has 9 heteroatoms. The van der Waals surface area contributed by atoms with Gasteiger partial charge in [-0.1, -0.05) is 0 Å². The quantitative estimate of drug-likeness (QED) is 0.523. The van der Waals surface area contributed by atoms with Crippen molar-refractivity contribution >= 4 is 16.7 Å². The molecule has 0 atom stereocenters. The minimum atomic E-state index is -0.137. The Morgan fingerprint density at radius 2 is 2.03 bits per heavy atom. The van der Waals surface area contributed by atoms with E-state index in [2.05, 4.69) is 15.1 Å². The zero-order chi connectivity index (χ0) is 19.8. The molecular formula is C20H19N5O4. The number of rotatable bonds is 4. The van der Waals surface area contributed by atoms with E-state index < -0.39 is 0 Å². The van der Waals surface area contributed by atoms with Crippen LogP contribution < -0.4 is 15.0 Å². The Morgan fingerprint density at radius 1 is 1.17 bits per heavy atom. The molecule has 0 N–H and O–H groups in total. The maximum absolute atomic E-state index is 12.7. The Kier molecular flexibility index (Phi) is 4.36. The Bertz CT molecular complexity index is 1260. The number of nitrogens with zero attached hydrogens (tertiary/aromatic N) is 5. The predicted molar refractivity (Wildman–Crippen MR) is 105 cm³/mol. The molecule has 29 heavy (non-hydrogen) atoms. The van der Waals surface area contributed by atoms with Crippen LogP contribution in [0.3, 0.4) is 0 Å². The summed E-state index contributed by atoms with van der Waals surface area (Å²) in [6, 6.07) is 7.47. The van der Waals surface area contributed by atoms with Gasteiger partial charge in [0.25, 0.3) is 11.3 Å². The predicted octanol–water partition coefficient (Wildman–Crippen LogP) is 1.91. The van der Waals surface area contributed by atoms with Gasteiger partial charge in [-0.3, -0.25) is 4.79 Å². The fourth-order valence-corrected chi connectivity index (χ4v) is 3.35. The fraction of sp³-hybridized carbons (Fsp3) is 0.300. The van der Waals surface area contributed by atoms with Crippen molar-refractivity contribution in [2.24, 2.45) is 0 Å². The molecule has 148 valence electrons. The van der Waals surface area contributed by atoms with Crippen molar-refractivity contribution < 1.29 is 14.2 Å². The first kappa shape index (κ1) is 17.6. The number of hydrogen-bond acceptors (Lipinski definition) is 7. The van der Waals surface area contributed by atoms with Crippen molar-refractivity contribution in [3.05, 3.63) is 47.0 Å². The lowest BCUT2D eigenvalue weighted by Crippen LogP contribution is -2.22. The molecule has 0 unspecified atom stereocenters. The average molecular weight is 393 g/mol. The molecule has 0 spiro atoms. The van der Waals surface area contributed by atoms with Crippen LogP contribution in [0, 0.1) is 0 Å². The molecule has 1 aliphatic heterocycles. The summed E-state index contributed by atoms with van der Waals surface area (Å²) in [6.07, 6.45) is 4.12. The number of pyridine rings is 1. The molecule has 0 fully saturated rings. The first-order chi connectivity index (χ1) is 14.2. The second-order valence-electron chi connectivity index (χ2n) is 6.72. The van der Waals surface area contributed by atoms with Gasteiger partial charge >= 0.3 is 0 Å². The molecule has 1 aliphatic rings. The molecule has 4 heterocycles. The van der Waals surface area contributed by atoms with Crippen LogP contribution in [0.25, 0.3) is 28.1 Å². The van der Waals surface area contributed by atoms with Crippen molar-refractivity contribution in [3.8, 4) is 22.9 Å². The number of aromatic nitrogens is 5. The van der Waals surface area contributed by atoms with Gasteiger partial charge in [0, 0.05) is 38.0 Å². The summed E-state index contributed by atoms with van der Waals surface area (Å²) < 4.78 is 19.7. The van der Waals surface area contributed by atoms with E-state index in [1.165, 1.54) is 0 Å². The van der Waals surface area contributed by atoms with Crippen molar-refractivity contribution in [1.29, 1.82) is 0 Å². The number of hydrogen-bond donors (Lipinski definition) is 0. The third kappa shape index (κ3) is 3.09. The van der Waals surface area contributed by atoms with Crippen LogP contribution in [0.4, 0.5) is 0 Å². The van der Waals surface area contributed by atoms with Crippen molar-refractivity contribution in [3.63, 3.8) is 0 Å². The first-order valence-electron chi connectivity index (χ1n) is 9.38. The standard InChI is InChI=1S/C20H19N5O4/c1-27-10-7-24-6-5-15-14(19(24)26)12-21-20-22-18(23-25(15)20)13-3-4-16-17(11-13)29-9-2-8-28-16/h3-6,11-12H,2,7-10H2,1H3. The highest BCUT2D eigenvalue weighted by Gasteiger charge is 2.16. The highest BCUT2D eigenvalue weighted by Crippen LogP contribution is 2.33. The van der Waals surface area contributed by atoms with Gasteiger partial charge in [0.15, 0.2) is 17.3 Å². The van der Waals surface area contributed by atoms with Crippen LogP contribution >= 0.6 is 0 Å². The molecule has 0 radical (unpaired) electrons. The summed E-state index contributed by atoms with van der Waals surface area (Å²) >= 11 is 0. The molecule has 0 saturated carbocycles. The minimum absolute atomic E-state index is 0.137. The molecule has 0 amide bonds. The summed E-state index contributed by atoms with van der Waals surface area (Å²) in [5.41, 5.74) is 1.31. The van der Waals surface area contributed by atoms with E-state index in [0.29, 0.717) is 54.6 Å². The Hall–Kier alpha value is -3.46. The van der Waals surface area contributed by atoms with E-state index in [-0.39, 0.29) is 5.56 Å². The summed E-state index contributed by atoms with van der Waals surface area (Å²) in [4.78, 5) is 21.6. The minimum Gasteiger partial charge on any atom is -0.490 e. The molecule has 9 nitrogen and oxygen atoms in total. The smallest absolute Gasteiger partial charge is 0.261 e. The van der Waals surface area contributed by atoms with Crippen LogP contribution in [-0.4, -0.2) is 51.1 Å². The van der Waals surface area contributed by atoms with E-state index in [0.717, 1.165) is 17.7 Å². The number of methoxy groups -OCH3 is 1. The van der Waals surface area contributed by atoms with Crippen LogP contribution in [0.1, 0.15) is 6.42 Å². The normalized spacial score (nSPS) is 13.7. The van der Waals surface area contributed by atoms with Crippen molar-refractivity contribution in [1.82, 2.24) is 24.1 Å². The van der Waals surface area contributed by atoms with Gasteiger partial charge in [-0.15, -0.1) is 5.10 Å². The van der Waals surface area contributed by atoms with E-state index in [1.807, 2.05) is 24.3 Å². The summed E-state index contributed by atoms with van der Waals surface area (Å²) in [6.45, 7) is 2.18. The van der Waals surface area contributed by atoms with Crippen LogP contribution in [-0.2, 0) is 11.3 Å². The summed E-state index contributed by atoms with van der Waals surface area (Å²) in [7, 11) is 1.60. The molecule has 3 aromatic heterocycles. The largest absolute Gasteiger partial charge is 0.490 e. The molecular weight excluding hydrogens is 374 g/mol.